The standard InChI is InChI=1S/C52H80N4P.HI/c1-5-9-13-17-33-45-53(49-37-25-21-26-38-49)57(54(46-34-18-14-10-6-2)50-39-27-22-28-40-50,55(47-35-19-15-11-7-3)51-41-29-23-30-42-51)56(48-36-20-16-12-8-4)52-43-31-24-32-44-52;/h21-32,37-44H,5-20,33-36,45-48H2,1-4H3;1H/q+1;/p-1. The third-order valence-corrected chi connectivity index (χ3v) is 15.7. The molecule has 0 aliphatic carbocycles. The fourth-order valence-electron chi connectivity index (χ4n) is 8.32. The van der Waals surface area contributed by atoms with Gasteiger partial charge in [0.2, 0.25) is 0 Å². The second-order valence-electron chi connectivity index (χ2n) is 16.0. The van der Waals surface area contributed by atoms with Gasteiger partial charge in [0, 0.05) is 0 Å². The van der Waals surface area contributed by atoms with Gasteiger partial charge in [-0.05, 0) is 74.2 Å². The van der Waals surface area contributed by atoms with Crippen LogP contribution in [0.2, 0.25) is 0 Å². The Bertz CT molecular complexity index is 1290. The highest BCUT2D eigenvalue weighted by molar-refractivity contribution is 7.81. The summed E-state index contributed by atoms with van der Waals surface area (Å²) < 4.78 is 11.9. The largest absolute Gasteiger partial charge is 1.00 e. The number of anilines is 4. The van der Waals surface area contributed by atoms with E-state index in [9.17, 15) is 0 Å². The molecule has 0 spiro atoms. The van der Waals surface area contributed by atoms with Crippen LogP contribution in [0.5, 0.6) is 0 Å². The van der Waals surface area contributed by atoms with Gasteiger partial charge < -0.3 is 24.0 Å². The molecule has 0 saturated heterocycles. The number of nitrogens with zero attached hydrogens (tertiary/aromatic N) is 4. The van der Waals surface area contributed by atoms with Gasteiger partial charge in [0.05, 0.1) is 48.9 Å². The summed E-state index contributed by atoms with van der Waals surface area (Å²) in [4.78, 5) is 0. The van der Waals surface area contributed by atoms with Crippen molar-refractivity contribution in [2.75, 3.05) is 44.9 Å². The lowest BCUT2D eigenvalue weighted by atomic mass is 10.1. The fraction of sp³-hybridized carbons (Fsp3) is 0.538. The Kier molecular flexibility index (Phi) is 25.9. The third-order valence-electron chi connectivity index (χ3n) is 11.4. The summed E-state index contributed by atoms with van der Waals surface area (Å²) in [6.45, 7) is 13.4. The van der Waals surface area contributed by atoms with Gasteiger partial charge in [-0.15, -0.1) is 0 Å². The average Bonchev–Trinajstić information content (AvgIpc) is 3.26. The predicted molar refractivity (Wildman–Crippen MR) is 257 cm³/mol. The van der Waals surface area contributed by atoms with Crippen LogP contribution in [0.15, 0.2) is 121 Å². The van der Waals surface area contributed by atoms with Crippen molar-refractivity contribution < 1.29 is 24.0 Å². The number of para-hydroxylation sites is 4. The molecule has 0 amide bonds. The van der Waals surface area contributed by atoms with Gasteiger partial charge in [0.1, 0.15) is 0 Å². The van der Waals surface area contributed by atoms with Gasteiger partial charge in [-0.25, -0.2) is 0 Å². The van der Waals surface area contributed by atoms with E-state index < -0.39 is 7.87 Å². The van der Waals surface area contributed by atoms with Gasteiger partial charge in [-0.2, -0.15) is 18.7 Å². The molecule has 4 aromatic carbocycles. The van der Waals surface area contributed by atoms with E-state index in [-0.39, 0.29) is 24.0 Å². The molecule has 0 unspecified atom stereocenters. The molecule has 0 fully saturated rings. The van der Waals surface area contributed by atoms with Crippen LogP contribution in [0, 0.1) is 0 Å². The van der Waals surface area contributed by atoms with Crippen LogP contribution in [0.25, 0.3) is 0 Å². The highest BCUT2D eigenvalue weighted by Crippen LogP contribution is 2.73. The lowest BCUT2D eigenvalue weighted by molar-refractivity contribution is -0.0000119. The molecule has 0 aliphatic rings. The van der Waals surface area contributed by atoms with Crippen LogP contribution in [0.1, 0.15) is 156 Å². The smallest absolute Gasteiger partial charge is 0.405 e. The summed E-state index contributed by atoms with van der Waals surface area (Å²) >= 11 is 0. The van der Waals surface area contributed by atoms with Crippen LogP contribution in [-0.4, -0.2) is 26.2 Å². The maximum Gasteiger partial charge on any atom is 0.405 e. The highest BCUT2D eigenvalue weighted by atomic mass is 127. The summed E-state index contributed by atoms with van der Waals surface area (Å²) in [6, 6.07) is 46.4. The van der Waals surface area contributed by atoms with E-state index in [1.807, 2.05) is 0 Å². The minimum Gasteiger partial charge on any atom is -1.00 e. The van der Waals surface area contributed by atoms with E-state index in [0.717, 1.165) is 26.2 Å². The van der Waals surface area contributed by atoms with Gasteiger partial charge in [0.25, 0.3) is 0 Å². The Morgan fingerprint density at radius 2 is 0.466 bits per heavy atom. The summed E-state index contributed by atoms with van der Waals surface area (Å²) in [5.41, 5.74) is 5.36. The molecule has 4 rings (SSSR count). The Hall–Kier alpha value is -2.76. The number of hydrogen-bond acceptors (Lipinski definition) is 4. The summed E-state index contributed by atoms with van der Waals surface area (Å²) in [5, 5.41) is 0. The van der Waals surface area contributed by atoms with Gasteiger partial charge in [-0.1, -0.05) is 203 Å². The van der Waals surface area contributed by atoms with Crippen molar-refractivity contribution in [3.63, 3.8) is 0 Å². The van der Waals surface area contributed by atoms with Crippen LogP contribution in [0.3, 0.4) is 0 Å². The van der Waals surface area contributed by atoms with E-state index in [0.29, 0.717) is 0 Å². The first kappa shape index (κ1) is 49.6. The lowest BCUT2D eigenvalue weighted by Gasteiger charge is -2.53. The van der Waals surface area contributed by atoms with Gasteiger partial charge in [-0.3, -0.25) is 0 Å². The second-order valence-corrected chi connectivity index (χ2v) is 19.0. The van der Waals surface area contributed by atoms with Crippen molar-refractivity contribution in [1.29, 1.82) is 0 Å². The molecule has 320 valence electrons. The van der Waals surface area contributed by atoms with Gasteiger partial charge >= 0.3 is 7.87 Å². The van der Waals surface area contributed by atoms with E-state index in [1.54, 1.807) is 0 Å². The van der Waals surface area contributed by atoms with E-state index in [2.05, 4.69) is 168 Å². The maximum atomic E-state index is 2.97. The molecule has 0 saturated carbocycles. The molecule has 0 atom stereocenters. The molecule has 0 bridgehead atoms. The number of hydrogen-bond donors (Lipinski definition) is 0. The van der Waals surface area contributed by atoms with E-state index >= 15 is 0 Å². The summed E-state index contributed by atoms with van der Waals surface area (Å²) in [7, 11) is -2.71. The van der Waals surface area contributed by atoms with Gasteiger partial charge in [0.15, 0.2) is 0 Å². The second kappa shape index (κ2) is 30.3. The number of rotatable bonds is 32. The van der Waals surface area contributed by atoms with Crippen molar-refractivity contribution in [3.8, 4) is 0 Å². The SMILES string of the molecule is CCCCCCCN(c1ccccc1)[P+](N(CCCCCCC)c1ccccc1)(N(CCCCCCC)c1ccccc1)N(CCCCCCC)c1ccccc1.[I-]. The van der Waals surface area contributed by atoms with E-state index in [1.165, 1.54) is 151 Å². The topological polar surface area (TPSA) is 13.0 Å². The van der Waals surface area contributed by atoms with Crippen LogP contribution in [-0.2, 0) is 0 Å². The number of benzene rings is 4. The normalized spacial score (nSPS) is 11.2. The van der Waals surface area contributed by atoms with Crippen LogP contribution < -0.4 is 42.7 Å². The van der Waals surface area contributed by atoms with Crippen molar-refractivity contribution in [1.82, 2.24) is 0 Å². The number of unbranched alkanes of at least 4 members (excludes halogenated alkanes) is 16. The van der Waals surface area contributed by atoms with Crippen LogP contribution in [0.4, 0.5) is 22.7 Å². The zero-order valence-corrected chi connectivity index (χ0v) is 40.2. The molecular formula is C52H80IN4P. The monoisotopic (exact) mass is 919 g/mol. The molecule has 4 nitrogen and oxygen atoms in total. The van der Waals surface area contributed by atoms with E-state index in [4.69, 9.17) is 0 Å². The van der Waals surface area contributed by atoms with Crippen molar-refractivity contribution >= 4 is 30.6 Å². The molecule has 0 radical (unpaired) electrons. The Labute approximate surface area is 374 Å². The molecule has 0 heterocycles. The molecule has 0 aliphatic heterocycles. The zero-order valence-electron chi connectivity index (χ0n) is 37.1. The Balaban J connectivity index is 0.00000900. The molecule has 0 aromatic heterocycles. The first-order valence-electron chi connectivity index (χ1n) is 23.4. The first-order valence-corrected chi connectivity index (χ1v) is 25.0. The number of halogens is 1. The van der Waals surface area contributed by atoms with Crippen molar-refractivity contribution in [2.45, 2.75) is 156 Å². The summed E-state index contributed by atoms with van der Waals surface area (Å²) in [5.74, 6) is 0. The maximum absolute atomic E-state index is 2.97. The Morgan fingerprint density at radius 1 is 0.276 bits per heavy atom. The average molecular weight is 919 g/mol. The van der Waals surface area contributed by atoms with Crippen molar-refractivity contribution in [3.05, 3.63) is 121 Å². The highest BCUT2D eigenvalue weighted by Gasteiger charge is 2.63. The zero-order chi connectivity index (χ0) is 40.2. The molecule has 4 aromatic rings. The van der Waals surface area contributed by atoms with Crippen LogP contribution >= 0.6 is 7.87 Å². The predicted octanol–water partition coefficient (Wildman–Crippen LogP) is 13.6. The quantitative estimate of drug-likeness (QED) is 0.0275. The fourth-order valence-corrected chi connectivity index (χ4v) is 13.3. The summed E-state index contributed by atoms with van der Waals surface area (Å²) in [6.07, 6.45) is 25.2. The Morgan fingerprint density at radius 3 is 0.655 bits per heavy atom. The molecule has 6 heteroatoms. The molecular weight excluding hydrogens is 838 g/mol. The lowest BCUT2D eigenvalue weighted by Crippen LogP contribution is -3.00. The third kappa shape index (κ3) is 15.4. The minimum absolute atomic E-state index is 0. The first-order chi connectivity index (χ1) is 28.2. The van der Waals surface area contributed by atoms with Crippen molar-refractivity contribution in [2.24, 2.45) is 0 Å². The molecule has 58 heavy (non-hydrogen) atoms. The minimum atomic E-state index is -2.71. The molecule has 0 N–H and O–H groups in total.